The van der Waals surface area contributed by atoms with Crippen LogP contribution in [0.25, 0.3) is 82.7 Å². The van der Waals surface area contributed by atoms with Gasteiger partial charge in [-0.25, -0.2) is 42.5 Å². The molecule has 13 rings (SSSR count). The number of ether oxygens (including phenoxy) is 1. The Kier molecular flexibility index (Phi) is 25.2. The summed E-state index contributed by atoms with van der Waals surface area (Å²) in [7, 11) is 1.54. The number of rotatable bonds is 7. The Morgan fingerprint density at radius 3 is 1.37 bits per heavy atom. The van der Waals surface area contributed by atoms with Crippen LogP contribution in [0.15, 0.2) is 213 Å². The van der Waals surface area contributed by atoms with Crippen molar-refractivity contribution in [3.8, 4) is 33.5 Å². The van der Waals surface area contributed by atoms with Crippen LogP contribution in [0.2, 0.25) is 25.8 Å². The summed E-state index contributed by atoms with van der Waals surface area (Å²) in [6.07, 6.45) is 14.3. The number of hydrogen-bond donors (Lipinski definition) is 0. The normalized spacial score (nSPS) is 10.6. The molecule has 456 valence electrons. The molecule has 20 heteroatoms. The van der Waals surface area contributed by atoms with E-state index >= 15 is 0 Å². The van der Waals surface area contributed by atoms with Gasteiger partial charge in [0.25, 0.3) is 0 Å². The van der Waals surface area contributed by atoms with Crippen LogP contribution >= 0.6 is 103 Å². The number of halogens is 11. The van der Waals surface area contributed by atoms with Crippen LogP contribution < -0.4 is 0 Å². The fourth-order valence-corrected chi connectivity index (χ4v) is 11.6. The van der Waals surface area contributed by atoms with Gasteiger partial charge in [-0.1, -0.05) is 136 Å². The molecule has 0 saturated heterocycles. The zero-order chi connectivity index (χ0) is 65.1. The number of carbonyl (C=O) groups excluding carboxylic acids is 2. The Morgan fingerprint density at radius 2 is 0.868 bits per heavy atom. The molecule has 91 heavy (non-hydrogen) atoms. The highest BCUT2D eigenvalue weighted by atomic mass is 127. The number of aryl methyl sites for hydroxylation is 2. The molecule has 0 aliphatic carbocycles. The number of fused-ring (bicyclic) bond motifs is 6. The van der Waals surface area contributed by atoms with Gasteiger partial charge >= 0.3 is 0 Å². The SMILES string of the molecule is CO/C=C/c1c(-c2cccc(F)c2)ccnc1Cl.Cc1cc(C)cc(-c2nccc3c2ccc2ccc(F)cc23)c1.Clc1cc(I)ccn1.Fc1ccc2ccc3c(Cl)nccc3c2c1.O=Cc1c(-c2cccc(F)c2)ccnc1Cl.O=Cc1c(I)ccnc1Cl. The van der Waals surface area contributed by atoms with Crippen LogP contribution in [0, 0.1) is 44.3 Å². The van der Waals surface area contributed by atoms with Gasteiger partial charge in [0.2, 0.25) is 0 Å². The van der Waals surface area contributed by atoms with Crippen molar-refractivity contribution in [2.75, 3.05) is 7.11 Å². The first kappa shape index (κ1) is 68.9. The van der Waals surface area contributed by atoms with Crippen LogP contribution in [0.5, 0.6) is 0 Å². The Labute approximate surface area is 573 Å². The van der Waals surface area contributed by atoms with E-state index < -0.39 is 0 Å². The molecule has 6 aromatic heterocycles. The third-order valence-corrected chi connectivity index (χ3v) is 16.3. The first-order chi connectivity index (χ1) is 43.8. The van der Waals surface area contributed by atoms with Crippen molar-refractivity contribution in [1.82, 2.24) is 29.9 Å². The van der Waals surface area contributed by atoms with Crippen molar-refractivity contribution >= 4 is 165 Å². The van der Waals surface area contributed by atoms with Gasteiger partial charge in [-0.15, -0.1) is 0 Å². The van der Waals surface area contributed by atoms with E-state index in [-0.39, 0.29) is 39.1 Å². The third-order valence-electron chi connectivity index (χ3n) is 13.2. The van der Waals surface area contributed by atoms with Gasteiger partial charge in [0.1, 0.15) is 49.0 Å². The fourth-order valence-electron chi connectivity index (χ4n) is 9.25. The summed E-state index contributed by atoms with van der Waals surface area (Å²) in [4.78, 5) is 45.2. The molecule has 0 bridgehead atoms. The zero-order valence-corrected chi connectivity index (χ0v) is 56.1. The van der Waals surface area contributed by atoms with Crippen molar-refractivity contribution in [2.45, 2.75) is 13.8 Å². The number of aromatic nitrogens is 6. The molecule has 0 saturated carbocycles. The van der Waals surface area contributed by atoms with Crippen LogP contribution in [-0.4, -0.2) is 49.6 Å². The van der Waals surface area contributed by atoms with E-state index in [1.165, 1.54) is 66.1 Å². The summed E-state index contributed by atoms with van der Waals surface area (Å²) in [6, 6.07) is 49.0. The van der Waals surface area contributed by atoms with Gasteiger partial charge in [-0.2, -0.15) is 0 Å². The summed E-state index contributed by atoms with van der Waals surface area (Å²) < 4.78 is 60.0. The quantitative estimate of drug-likeness (QED) is 0.0383. The van der Waals surface area contributed by atoms with Crippen molar-refractivity contribution in [2.24, 2.45) is 0 Å². The number of hydrogen-bond acceptors (Lipinski definition) is 9. The second-order valence-electron chi connectivity index (χ2n) is 19.4. The average molecular weight is 1540 g/mol. The molecule has 0 amide bonds. The second-order valence-corrected chi connectivity index (χ2v) is 23.6. The molecule has 0 N–H and O–H groups in total. The minimum atomic E-state index is -0.359. The number of methoxy groups -OCH3 is 1. The topological polar surface area (TPSA) is 121 Å². The second kappa shape index (κ2) is 33.3. The van der Waals surface area contributed by atoms with Gasteiger partial charge in [-0.05, 0) is 223 Å². The summed E-state index contributed by atoms with van der Waals surface area (Å²) in [5, 5.41) is 9.43. The lowest BCUT2D eigenvalue weighted by atomic mass is 9.97. The lowest BCUT2D eigenvalue weighted by Crippen LogP contribution is -1.91. The maximum absolute atomic E-state index is 13.7. The largest absolute Gasteiger partial charge is 0.504 e. The smallest absolute Gasteiger partial charge is 0.154 e. The molecule has 0 radical (unpaired) electrons. The van der Waals surface area contributed by atoms with E-state index in [2.05, 4.69) is 90.6 Å². The van der Waals surface area contributed by atoms with Gasteiger partial charge in [0.05, 0.1) is 30.2 Å². The lowest BCUT2D eigenvalue weighted by Gasteiger charge is -2.10. The highest BCUT2D eigenvalue weighted by Crippen LogP contribution is 2.35. The number of benzene rings is 7. The van der Waals surface area contributed by atoms with Gasteiger partial charge in [0, 0.05) is 66.2 Å². The molecule has 9 nitrogen and oxygen atoms in total. The van der Waals surface area contributed by atoms with E-state index in [0.29, 0.717) is 50.3 Å². The molecule has 0 aliphatic rings. The number of carbonyl (C=O) groups is 2. The Morgan fingerprint density at radius 1 is 0.407 bits per heavy atom. The Bertz CT molecular complexity index is 4750. The van der Waals surface area contributed by atoms with Gasteiger partial charge in [-0.3, -0.25) is 14.6 Å². The third kappa shape index (κ3) is 18.6. The molecule has 0 spiro atoms. The summed E-state index contributed by atoms with van der Waals surface area (Å²) in [5.74, 6) is -1.10. The monoisotopic (exact) mass is 1540 g/mol. The molecule has 0 fully saturated rings. The molecule has 0 unspecified atom stereocenters. The standard InChI is InChI=1S/C21H16FN.C14H11ClFNO.C13H7ClFN.C12H7ClFNO.C6H3ClINO.C5H3ClIN/c1-13-9-14(2)11-16(10-13)21-19-6-4-15-3-5-17(22)12-20(15)18(19)7-8-23-21;1-18-8-6-13-12(5-7-17-14(13)15)10-3-2-4-11(16)9-10;14-13-11-4-2-8-1-3-9(15)7-12(8)10(11)5-6-16-13;13-12-11(7-16)10(4-5-15-12)8-2-1-3-9(14)6-8;7-6-4(3-10)5(8)1-2-9-6;6-5-3-4(7)1-2-8-5/h3-12H,1-2H3;2-9H,1H3;2*1-7H;1-3H;1-3H/b;8-6+;;;;. The molecule has 6 heterocycles. The summed E-state index contributed by atoms with van der Waals surface area (Å²) in [5.41, 5.74) is 8.64. The van der Waals surface area contributed by atoms with E-state index in [9.17, 15) is 27.2 Å². The molecule has 7 aromatic carbocycles. The zero-order valence-electron chi connectivity index (χ0n) is 48.0. The highest BCUT2D eigenvalue weighted by Gasteiger charge is 2.13. The van der Waals surface area contributed by atoms with Crippen LogP contribution in [-0.2, 0) is 4.74 Å². The fraction of sp³-hybridized carbons (Fsp3) is 0.0423. The average Bonchev–Trinajstić information content (AvgIpc) is 0.871. The predicted octanol–water partition coefficient (Wildman–Crippen LogP) is 22.0. The Hall–Kier alpha value is -8.01. The predicted molar refractivity (Wildman–Crippen MR) is 378 cm³/mol. The van der Waals surface area contributed by atoms with Crippen molar-refractivity contribution < 1.29 is 31.9 Å². The minimum absolute atomic E-state index is 0.122. The van der Waals surface area contributed by atoms with E-state index in [0.717, 1.165) is 72.6 Å². The van der Waals surface area contributed by atoms with E-state index in [1.54, 1.807) is 92.7 Å². The lowest BCUT2D eigenvalue weighted by molar-refractivity contribution is 0.111. The van der Waals surface area contributed by atoms with Gasteiger partial charge < -0.3 is 4.74 Å². The summed E-state index contributed by atoms with van der Waals surface area (Å²) >= 11 is 33.1. The van der Waals surface area contributed by atoms with E-state index in [1.807, 2.05) is 77.2 Å². The van der Waals surface area contributed by atoms with E-state index in [4.69, 9.17) is 62.7 Å². The van der Waals surface area contributed by atoms with Crippen LogP contribution in [0.4, 0.5) is 17.6 Å². The molecular formula is C71H47Cl5F4I2N6O3. The maximum atomic E-state index is 13.7. The molecular weight excluding hydrogens is 1490 g/mol. The van der Waals surface area contributed by atoms with Gasteiger partial charge in [0.15, 0.2) is 12.6 Å². The van der Waals surface area contributed by atoms with Crippen molar-refractivity contribution in [3.63, 3.8) is 0 Å². The number of pyridine rings is 6. The number of nitrogens with zero attached hydrogens (tertiary/aromatic N) is 6. The minimum Gasteiger partial charge on any atom is -0.504 e. The van der Waals surface area contributed by atoms with Crippen molar-refractivity contribution in [1.29, 1.82) is 0 Å². The van der Waals surface area contributed by atoms with Crippen LogP contribution in [0.1, 0.15) is 37.4 Å². The van der Waals surface area contributed by atoms with Crippen molar-refractivity contribution in [3.05, 3.63) is 297 Å². The maximum Gasteiger partial charge on any atom is 0.154 e. The summed E-state index contributed by atoms with van der Waals surface area (Å²) in [6.45, 7) is 4.18. The Balaban J connectivity index is 0.000000145. The first-order valence-corrected chi connectivity index (χ1v) is 31.1. The first-order valence-electron chi connectivity index (χ1n) is 27.0. The molecule has 0 atom stereocenters. The highest BCUT2D eigenvalue weighted by molar-refractivity contribution is 14.1. The molecule has 0 aliphatic heterocycles. The molecule has 13 aromatic rings. The van der Waals surface area contributed by atoms with Crippen LogP contribution in [0.3, 0.4) is 0 Å². The number of aldehydes is 2.